The number of hydrogen-bond donors (Lipinski definition) is 1. The predicted molar refractivity (Wildman–Crippen MR) is 140 cm³/mol. The number of urea groups is 1. The minimum atomic E-state index is -5.03. The van der Waals surface area contributed by atoms with Gasteiger partial charge in [0, 0.05) is 44.0 Å². The predicted octanol–water partition coefficient (Wildman–Crippen LogP) is 4.17. The number of carbonyl (C=O) groups excluding carboxylic acids is 3. The zero-order valence-corrected chi connectivity index (χ0v) is 22.7. The number of hydrogen-bond acceptors (Lipinski definition) is 7. The zero-order valence-electron chi connectivity index (χ0n) is 22.7. The van der Waals surface area contributed by atoms with Crippen LogP contribution in [-0.2, 0) is 20.9 Å². The van der Waals surface area contributed by atoms with Crippen LogP contribution in [-0.4, -0.2) is 76.4 Å². The van der Waals surface area contributed by atoms with E-state index in [4.69, 9.17) is 4.74 Å². The SMILES string of the molecule is CC1(C)COCCN1CCC(=O)Nc1cc(N2C(=O)N(Cc3ccncc3)C(C)(C)C2=O)ccc1OC(F)(F)F. The molecule has 216 valence electrons. The van der Waals surface area contributed by atoms with Gasteiger partial charge in [-0.2, -0.15) is 0 Å². The standard InChI is InChI=1S/C27H32F3N5O5/c1-25(2)17-39-14-13-33(25)12-9-22(36)32-20-15-19(5-6-21(20)40-27(28,29)30)35-23(37)26(3,4)34(24(35)38)16-18-7-10-31-11-8-18/h5-8,10-11,15H,9,12-14,16-17H2,1-4H3,(H,32,36). The topological polar surface area (TPSA) is 104 Å². The van der Waals surface area contributed by atoms with Gasteiger partial charge in [-0.05, 0) is 63.6 Å². The third kappa shape index (κ3) is 6.36. The number of anilines is 2. The fourth-order valence-corrected chi connectivity index (χ4v) is 4.72. The van der Waals surface area contributed by atoms with Gasteiger partial charge in [-0.25, -0.2) is 9.69 Å². The molecule has 4 amide bonds. The molecule has 0 unspecified atom stereocenters. The molecule has 1 aromatic carbocycles. The lowest BCUT2D eigenvalue weighted by molar-refractivity contribution is -0.274. The number of pyridine rings is 1. The Balaban J connectivity index is 1.58. The average Bonchev–Trinajstić information content (AvgIpc) is 3.03. The summed E-state index contributed by atoms with van der Waals surface area (Å²) in [5.74, 6) is -1.78. The maximum absolute atomic E-state index is 13.4. The Labute approximate surface area is 230 Å². The molecule has 0 bridgehead atoms. The minimum absolute atomic E-state index is 0.000518. The number of carbonyl (C=O) groups is 3. The van der Waals surface area contributed by atoms with Crippen LogP contribution in [0.4, 0.5) is 29.3 Å². The first-order chi connectivity index (χ1) is 18.7. The Morgan fingerprint density at radius 3 is 2.48 bits per heavy atom. The van der Waals surface area contributed by atoms with E-state index in [0.717, 1.165) is 22.6 Å². The summed E-state index contributed by atoms with van der Waals surface area (Å²) in [4.78, 5) is 47.9. The van der Waals surface area contributed by atoms with Crippen molar-refractivity contribution in [3.63, 3.8) is 0 Å². The highest BCUT2D eigenvalue weighted by molar-refractivity contribution is 6.23. The van der Waals surface area contributed by atoms with Gasteiger partial charge < -0.3 is 19.7 Å². The van der Waals surface area contributed by atoms with Gasteiger partial charge in [-0.1, -0.05) is 0 Å². The molecule has 0 saturated carbocycles. The van der Waals surface area contributed by atoms with Crippen molar-refractivity contribution in [3.05, 3.63) is 48.3 Å². The fraction of sp³-hybridized carbons (Fsp3) is 0.481. The van der Waals surface area contributed by atoms with Gasteiger partial charge in [0.15, 0.2) is 5.75 Å². The van der Waals surface area contributed by atoms with Crippen LogP contribution < -0.4 is 15.0 Å². The molecule has 4 rings (SSSR count). The summed E-state index contributed by atoms with van der Waals surface area (Å²) in [5.41, 5.74) is -1.10. The van der Waals surface area contributed by atoms with E-state index in [9.17, 15) is 27.6 Å². The summed E-state index contributed by atoms with van der Waals surface area (Å²) >= 11 is 0. The van der Waals surface area contributed by atoms with Gasteiger partial charge in [0.2, 0.25) is 5.91 Å². The van der Waals surface area contributed by atoms with Crippen molar-refractivity contribution in [2.45, 2.75) is 58.1 Å². The third-order valence-corrected chi connectivity index (χ3v) is 7.06. The lowest BCUT2D eigenvalue weighted by Gasteiger charge is -2.42. The van der Waals surface area contributed by atoms with E-state index in [2.05, 4.69) is 19.9 Å². The number of nitrogens with one attached hydrogen (secondary N) is 1. The van der Waals surface area contributed by atoms with Crippen LogP contribution in [0.2, 0.25) is 0 Å². The van der Waals surface area contributed by atoms with Crippen molar-refractivity contribution in [1.29, 1.82) is 0 Å². The van der Waals surface area contributed by atoms with Crippen LogP contribution in [0.25, 0.3) is 0 Å². The first-order valence-corrected chi connectivity index (χ1v) is 12.8. The molecule has 2 saturated heterocycles. The van der Waals surface area contributed by atoms with Crippen molar-refractivity contribution in [2.24, 2.45) is 0 Å². The van der Waals surface area contributed by atoms with E-state index in [1.807, 2.05) is 13.8 Å². The number of benzene rings is 1. The molecule has 2 aromatic rings. The summed E-state index contributed by atoms with van der Waals surface area (Å²) in [6, 6.07) is 6.07. The number of imide groups is 1. The number of alkyl halides is 3. The lowest BCUT2D eigenvalue weighted by atomic mass is 10.0. The molecule has 0 atom stereocenters. The van der Waals surface area contributed by atoms with Crippen LogP contribution in [0, 0.1) is 0 Å². The Morgan fingerprint density at radius 1 is 1.12 bits per heavy atom. The Bertz CT molecular complexity index is 1270. The second-order valence-corrected chi connectivity index (χ2v) is 10.8. The molecule has 0 aliphatic carbocycles. The molecule has 1 N–H and O–H groups in total. The zero-order chi connectivity index (χ0) is 29.3. The third-order valence-electron chi connectivity index (χ3n) is 7.06. The van der Waals surface area contributed by atoms with E-state index in [-0.39, 0.29) is 29.9 Å². The van der Waals surface area contributed by atoms with E-state index < -0.39 is 35.5 Å². The van der Waals surface area contributed by atoms with Gasteiger partial charge in [-0.15, -0.1) is 13.2 Å². The molecule has 13 heteroatoms. The maximum Gasteiger partial charge on any atom is 0.573 e. The van der Waals surface area contributed by atoms with Crippen molar-refractivity contribution in [2.75, 3.05) is 36.5 Å². The summed E-state index contributed by atoms with van der Waals surface area (Å²) in [7, 11) is 0. The maximum atomic E-state index is 13.4. The smallest absolute Gasteiger partial charge is 0.404 e. The lowest BCUT2D eigenvalue weighted by Crippen LogP contribution is -2.53. The number of halogens is 3. The van der Waals surface area contributed by atoms with Gasteiger partial charge in [0.1, 0.15) is 5.54 Å². The quantitative estimate of drug-likeness (QED) is 0.481. The largest absolute Gasteiger partial charge is 0.573 e. The highest BCUT2D eigenvalue weighted by Crippen LogP contribution is 2.38. The van der Waals surface area contributed by atoms with Gasteiger partial charge in [-0.3, -0.25) is 19.5 Å². The van der Waals surface area contributed by atoms with Crippen LogP contribution in [0.5, 0.6) is 5.75 Å². The second-order valence-electron chi connectivity index (χ2n) is 10.8. The average molecular weight is 564 g/mol. The number of amides is 4. The molecule has 10 nitrogen and oxygen atoms in total. The number of ether oxygens (including phenoxy) is 2. The van der Waals surface area contributed by atoms with Crippen molar-refractivity contribution in [1.82, 2.24) is 14.8 Å². The Hall–Kier alpha value is -3.71. The Kier molecular flexibility index (Phi) is 8.08. The highest BCUT2D eigenvalue weighted by Gasteiger charge is 2.52. The van der Waals surface area contributed by atoms with Gasteiger partial charge in [0.25, 0.3) is 5.91 Å². The van der Waals surface area contributed by atoms with E-state index >= 15 is 0 Å². The molecule has 0 spiro atoms. The summed E-state index contributed by atoms with van der Waals surface area (Å²) in [6.45, 7) is 9.24. The van der Waals surface area contributed by atoms with Crippen LogP contribution in [0.15, 0.2) is 42.7 Å². The highest BCUT2D eigenvalue weighted by atomic mass is 19.4. The summed E-state index contributed by atoms with van der Waals surface area (Å²) < 4.78 is 49.0. The Morgan fingerprint density at radius 2 is 1.82 bits per heavy atom. The molecule has 1 aromatic heterocycles. The molecule has 3 heterocycles. The first kappa shape index (κ1) is 29.3. The van der Waals surface area contributed by atoms with E-state index in [1.165, 1.54) is 11.0 Å². The number of morpholine rings is 1. The number of nitrogens with zero attached hydrogens (tertiary/aromatic N) is 4. The molecular weight excluding hydrogens is 531 g/mol. The van der Waals surface area contributed by atoms with Gasteiger partial charge >= 0.3 is 12.4 Å². The first-order valence-electron chi connectivity index (χ1n) is 12.8. The number of rotatable bonds is 8. The van der Waals surface area contributed by atoms with Crippen LogP contribution >= 0.6 is 0 Å². The molecule has 2 fully saturated rings. The molecule has 2 aliphatic heterocycles. The molecular formula is C27H32F3N5O5. The molecule has 2 aliphatic rings. The fourth-order valence-electron chi connectivity index (χ4n) is 4.72. The normalized spacial score (nSPS) is 19.2. The van der Waals surface area contributed by atoms with Crippen LogP contribution in [0.3, 0.4) is 0 Å². The number of aromatic nitrogens is 1. The summed E-state index contributed by atoms with van der Waals surface area (Å²) in [6.07, 6.45) is -1.90. The molecule has 0 radical (unpaired) electrons. The van der Waals surface area contributed by atoms with E-state index in [0.29, 0.717) is 26.3 Å². The van der Waals surface area contributed by atoms with Crippen molar-refractivity contribution >= 4 is 29.2 Å². The van der Waals surface area contributed by atoms with Crippen molar-refractivity contribution < 1.29 is 37.0 Å². The van der Waals surface area contributed by atoms with Crippen molar-refractivity contribution in [3.8, 4) is 5.75 Å². The monoisotopic (exact) mass is 563 g/mol. The van der Waals surface area contributed by atoms with Gasteiger partial charge in [0.05, 0.1) is 24.6 Å². The minimum Gasteiger partial charge on any atom is -0.404 e. The second kappa shape index (κ2) is 11.0. The molecule has 40 heavy (non-hydrogen) atoms. The van der Waals surface area contributed by atoms with E-state index in [1.54, 1.807) is 38.4 Å². The summed E-state index contributed by atoms with van der Waals surface area (Å²) in [5, 5.41) is 2.47. The van der Waals surface area contributed by atoms with Crippen LogP contribution in [0.1, 0.15) is 39.7 Å².